The number of fused-ring (bicyclic) bond motifs is 3. The number of ether oxygens (including phenoxy) is 1. The van der Waals surface area contributed by atoms with Crippen molar-refractivity contribution in [2.45, 2.75) is 25.5 Å². The Kier molecular flexibility index (Phi) is 2.64. The van der Waals surface area contributed by atoms with Gasteiger partial charge >= 0.3 is 0 Å². The number of nitrogens with one attached hydrogen (secondary N) is 1. The van der Waals surface area contributed by atoms with Crippen LogP contribution >= 0.6 is 11.3 Å². The van der Waals surface area contributed by atoms with Crippen LogP contribution in [0.15, 0.2) is 35.7 Å². The van der Waals surface area contributed by atoms with Gasteiger partial charge in [-0.1, -0.05) is 23.8 Å². The summed E-state index contributed by atoms with van der Waals surface area (Å²) in [5.74, 6) is 0.563. The zero-order chi connectivity index (χ0) is 12.8. The van der Waals surface area contributed by atoms with Gasteiger partial charge in [0.15, 0.2) is 0 Å². The number of hydrogen-bond acceptors (Lipinski definition) is 3. The predicted molar refractivity (Wildman–Crippen MR) is 78.7 cm³/mol. The first-order valence-electron chi connectivity index (χ1n) is 6.85. The molecule has 0 unspecified atom stereocenters. The average molecular weight is 271 g/mol. The van der Waals surface area contributed by atoms with E-state index in [0.717, 1.165) is 13.0 Å². The summed E-state index contributed by atoms with van der Waals surface area (Å²) in [6, 6.07) is 11.4. The maximum absolute atomic E-state index is 6.03. The molecule has 2 aromatic rings. The molecule has 3 heterocycles. The molecule has 3 heteroatoms. The molecule has 0 radical (unpaired) electrons. The van der Waals surface area contributed by atoms with E-state index in [4.69, 9.17) is 4.74 Å². The molecule has 1 aromatic carbocycles. The van der Waals surface area contributed by atoms with Crippen LogP contribution in [0.5, 0.6) is 0 Å². The van der Waals surface area contributed by atoms with Gasteiger partial charge in [0.25, 0.3) is 0 Å². The Hall–Kier alpha value is -1.32. The normalized spacial score (nSPS) is 28.6. The van der Waals surface area contributed by atoms with Gasteiger partial charge in [0.05, 0.1) is 12.1 Å². The van der Waals surface area contributed by atoms with Crippen molar-refractivity contribution in [2.75, 3.05) is 11.9 Å². The van der Waals surface area contributed by atoms with Crippen molar-refractivity contribution >= 4 is 17.0 Å². The molecule has 0 bridgehead atoms. The van der Waals surface area contributed by atoms with E-state index < -0.39 is 0 Å². The van der Waals surface area contributed by atoms with Crippen molar-refractivity contribution in [1.29, 1.82) is 0 Å². The van der Waals surface area contributed by atoms with Gasteiger partial charge in [0, 0.05) is 28.7 Å². The Bertz CT molecular complexity index is 593. The molecule has 2 aliphatic heterocycles. The van der Waals surface area contributed by atoms with E-state index in [1.54, 1.807) is 0 Å². The molecule has 1 N–H and O–H groups in total. The summed E-state index contributed by atoms with van der Waals surface area (Å²) in [6.45, 7) is 3.03. The smallest absolute Gasteiger partial charge is 0.0897 e. The quantitative estimate of drug-likeness (QED) is 0.835. The molecule has 3 atom stereocenters. The fraction of sp³-hybridized carbons (Fsp3) is 0.375. The Labute approximate surface area is 117 Å². The van der Waals surface area contributed by atoms with Gasteiger partial charge in [-0.25, -0.2) is 0 Å². The molecule has 1 fully saturated rings. The zero-order valence-electron chi connectivity index (χ0n) is 10.9. The highest BCUT2D eigenvalue weighted by Crippen LogP contribution is 2.50. The van der Waals surface area contributed by atoms with Crippen LogP contribution in [0.3, 0.4) is 0 Å². The number of anilines is 1. The number of aryl methyl sites for hydroxylation is 1. The molecule has 1 aromatic heterocycles. The van der Waals surface area contributed by atoms with E-state index >= 15 is 0 Å². The first-order chi connectivity index (χ1) is 9.33. The molecule has 0 aliphatic carbocycles. The third-order valence-electron chi connectivity index (χ3n) is 4.24. The fourth-order valence-electron chi connectivity index (χ4n) is 3.34. The Balaban J connectivity index is 1.80. The third kappa shape index (κ3) is 1.80. The summed E-state index contributed by atoms with van der Waals surface area (Å²) < 4.78 is 6.03. The van der Waals surface area contributed by atoms with E-state index in [1.807, 2.05) is 11.3 Å². The summed E-state index contributed by atoms with van der Waals surface area (Å²) in [5, 5.41) is 5.89. The third-order valence-corrected chi connectivity index (χ3v) is 5.20. The largest absolute Gasteiger partial charge is 0.377 e. The van der Waals surface area contributed by atoms with Gasteiger partial charge < -0.3 is 10.1 Å². The first kappa shape index (κ1) is 11.5. The predicted octanol–water partition coefficient (Wildman–Crippen LogP) is 4.30. The van der Waals surface area contributed by atoms with E-state index in [2.05, 4.69) is 48.0 Å². The second-order valence-corrected chi connectivity index (χ2v) is 6.45. The topological polar surface area (TPSA) is 21.3 Å². The summed E-state index contributed by atoms with van der Waals surface area (Å²) in [4.78, 5) is 1.42. The molecule has 2 nitrogen and oxygen atoms in total. The minimum atomic E-state index is 0.267. The van der Waals surface area contributed by atoms with Crippen LogP contribution in [0.2, 0.25) is 0 Å². The Morgan fingerprint density at radius 3 is 3.11 bits per heavy atom. The van der Waals surface area contributed by atoms with E-state index in [0.29, 0.717) is 12.0 Å². The van der Waals surface area contributed by atoms with Crippen LogP contribution in [0.25, 0.3) is 0 Å². The van der Waals surface area contributed by atoms with Crippen molar-refractivity contribution in [1.82, 2.24) is 0 Å². The SMILES string of the molecule is Cc1ccc2c(c1)[C@@H]1OCC[C@@H]1[C@@H](c1cccs1)N2. The van der Waals surface area contributed by atoms with Gasteiger partial charge in [-0.05, 0) is 30.9 Å². The lowest BCUT2D eigenvalue weighted by Crippen LogP contribution is -2.28. The Morgan fingerprint density at radius 2 is 2.26 bits per heavy atom. The van der Waals surface area contributed by atoms with E-state index in [1.165, 1.54) is 21.7 Å². The summed E-state index contributed by atoms with van der Waals surface area (Å²) in [7, 11) is 0. The van der Waals surface area contributed by atoms with Crippen molar-refractivity contribution in [3.8, 4) is 0 Å². The number of rotatable bonds is 1. The van der Waals surface area contributed by atoms with Crippen molar-refractivity contribution < 1.29 is 4.74 Å². The lowest BCUT2D eigenvalue weighted by Gasteiger charge is -2.36. The lowest BCUT2D eigenvalue weighted by atomic mass is 9.83. The Morgan fingerprint density at radius 1 is 1.32 bits per heavy atom. The maximum Gasteiger partial charge on any atom is 0.0897 e. The zero-order valence-corrected chi connectivity index (χ0v) is 11.7. The molecule has 0 spiro atoms. The minimum Gasteiger partial charge on any atom is -0.377 e. The highest BCUT2D eigenvalue weighted by molar-refractivity contribution is 7.10. The number of thiophene rings is 1. The molecule has 0 amide bonds. The molecule has 4 rings (SSSR count). The van der Waals surface area contributed by atoms with Crippen LogP contribution in [-0.4, -0.2) is 6.61 Å². The fourth-order valence-corrected chi connectivity index (χ4v) is 4.19. The van der Waals surface area contributed by atoms with Gasteiger partial charge in [-0.2, -0.15) is 0 Å². The van der Waals surface area contributed by atoms with Gasteiger partial charge in [0.2, 0.25) is 0 Å². The average Bonchev–Trinajstić information content (AvgIpc) is 3.09. The monoisotopic (exact) mass is 271 g/mol. The van der Waals surface area contributed by atoms with Crippen molar-refractivity contribution in [2.24, 2.45) is 5.92 Å². The molecule has 1 saturated heterocycles. The van der Waals surface area contributed by atoms with Crippen LogP contribution < -0.4 is 5.32 Å². The molecule has 98 valence electrons. The summed E-state index contributed by atoms with van der Waals surface area (Å²) in [6.07, 6.45) is 1.41. The van der Waals surface area contributed by atoms with Gasteiger partial charge in [-0.3, -0.25) is 0 Å². The first-order valence-corrected chi connectivity index (χ1v) is 7.73. The molecular formula is C16H17NOS. The number of benzene rings is 1. The second-order valence-electron chi connectivity index (χ2n) is 5.47. The number of hydrogen-bond donors (Lipinski definition) is 1. The highest BCUT2D eigenvalue weighted by Gasteiger charge is 2.41. The maximum atomic E-state index is 6.03. The molecular weight excluding hydrogens is 254 g/mol. The summed E-state index contributed by atoms with van der Waals surface area (Å²) in [5.41, 5.74) is 3.90. The highest BCUT2D eigenvalue weighted by atomic mass is 32.1. The van der Waals surface area contributed by atoms with E-state index in [-0.39, 0.29) is 6.10 Å². The van der Waals surface area contributed by atoms with Crippen molar-refractivity contribution in [3.63, 3.8) is 0 Å². The molecule has 2 aliphatic rings. The van der Waals surface area contributed by atoms with Gasteiger partial charge in [-0.15, -0.1) is 11.3 Å². The van der Waals surface area contributed by atoms with Crippen LogP contribution in [0.4, 0.5) is 5.69 Å². The van der Waals surface area contributed by atoms with Crippen LogP contribution in [-0.2, 0) is 4.74 Å². The standard InChI is InChI=1S/C16H17NOS/c1-10-4-5-13-12(9-10)16-11(6-7-18-16)15(17-13)14-3-2-8-19-14/h2-5,8-9,11,15-17H,6-7H2,1H3/t11-,15+,16-/m1/s1. The van der Waals surface area contributed by atoms with Gasteiger partial charge in [0.1, 0.15) is 0 Å². The van der Waals surface area contributed by atoms with Crippen LogP contribution in [0, 0.1) is 12.8 Å². The minimum absolute atomic E-state index is 0.267. The second kappa shape index (κ2) is 4.36. The van der Waals surface area contributed by atoms with E-state index in [9.17, 15) is 0 Å². The lowest BCUT2D eigenvalue weighted by molar-refractivity contribution is 0.0832. The summed E-state index contributed by atoms with van der Waals surface area (Å²) >= 11 is 1.84. The molecule has 19 heavy (non-hydrogen) atoms. The molecule has 0 saturated carbocycles. The van der Waals surface area contributed by atoms with Crippen LogP contribution in [0.1, 0.15) is 34.6 Å². The van der Waals surface area contributed by atoms with Crippen molar-refractivity contribution in [3.05, 3.63) is 51.7 Å².